The molecule has 2 aromatic rings. The molecule has 0 amide bonds. The minimum Gasteiger partial charge on any atom is -0.396 e. The van der Waals surface area contributed by atoms with Crippen LogP contribution >= 0.6 is 0 Å². The molecule has 0 radical (unpaired) electrons. The normalized spacial score (nSPS) is 10.2. The maximum Gasteiger partial charge on any atom is 0.182 e. The van der Waals surface area contributed by atoms with Crippen LogP contribution in [-0.2, 0) is 7.05 Å². The number of aryl methyl sites for hydroxylation is 1. The molecule has 5 nitrogen and oxygen atoms in total. The molecule has 13 heavy (non-hydrogen) atoms. The Morgan fingerprint density at radius 1 is 1.31 bits per heavy atom. The summed E-state index contributed by atoms with van der Waals surface area (Å²) in [6.45, 7) is 0. The summed E-state index contributed by atoms with van der Waals surface area (Å²) in [6, 6.07) is 1.75. The van der Waals surface area contributed by atoms with Gasteiger partial charge in [-0.05, 0) is 6.07 Å². The molecule has 2 aromatic heterocycles. The maximum absolute atomic E-state index is 5.71. The third kappa shape index (κ3) is 1.35. The lowest BCUT2D eigenvalue weighted by Gasteiger charge is -1.93. The molecule has 0 saturated heterocycles. The Kier molecular flexibility index (Phi) is 1.70. The minimum absolute atomic E-state index is 0.556. The molecule has 2 N–H and O–H groups in total. The fourth-order valence-corrected chi connectivity index (χ4v) is 1.10. The van der Waals surface area contributed by atoms with Gasteiger partial charge in [0.25, 0.3) is 0 Å². The summed E-state index contributed by atoms with van der Waals surface area (Å²) in [4.78, 5) is 8.11. The summed E-state index contributed by atoms with van der Waals surface area (Å²) in [5.74, 6) is 0.556. The van der Waals surface area contributed by atoms with E-state index in [4.69, 9.17) is 5.73 Å². The van der Waals surface area contributed by atoms with E-state index in [0.717, 1.165) is 0 Å². The summed E-state index contributed by atoms with van der Waals surface area (Å²) in [5, 5.41) is 4.15. The number of hydrogen-bond acceptors (Lipinski definition) is 4. The second-order valence-corrected chi connectivity index (χ2v) is 2.68. The Balaban J connectivity index is 2.53. The van der Waals surface area contributed by atoms with Gasteiger partial charge in [-0.2, -0.15) is 5.10 Å². The predicted molar refractivity (Wildman–Crippen MR) is 48.6 cm³/mol. The second-order valence-electron chi connectivity index (χ2n) is 2.68. The van der Waals surface area contributed by atoms with Crippen molar-refractivity contribution in [1.29, 1.82) is 0 Å². The standard InChI is InChI=1S/C8H9N5/c1-13-5-6(9)7(12-13)8-10-3-2-4-11-8/h2-5H,9H2,1H3. The van der Waals surface area contributed by atoms with E-state index < -0.39 is 0 Å². The number of rotatable bonds is 1. The average molecular weight is 175 g/mol. The first-order chi connectivity index (χ1) is 6.27. The van der Waals surface area contributed by atoms with Crippen LogP contribution in [0.5, 0.6) is 0 Å². The fraction of sp³-hybridized carbons (Fsp3) is 0.125. The Labute approximate surface area is 75.2 Å². The zero-order valence-electron chi connectivity index (χ0n) is 7.18. The van der Waals surface area contributed by atoms with E-state index >= 15 is 0 Å². The Bertz CT molecular complexity index is 406. The lowest BCUT2D eigenvalue weighted by atomic mass is 10.3. The van der Waals surface area contributed by atoms with Gasteiger partial charge < -0.3 is 5.73 Å². The molecule has 0 aliphatic carbocycles. The van der Waals surface area contributed by atoms with E-state index in [-0.39, 0.29) is 0 Å². The molecular weight excluding hydrogens is 166 g/mol. The van der Waals surface area contributed by atoms with Crippen LogP contribution in [0.1, 0.15) is 0 Å². The monoisotopic (exact) mass is 175 g/mol. The molecule has 0 aromatic carbocycles. The van der Waals surface area contributed by atoms with Crippen molar-refractivity contribution in [1.82, 2.24) is 19.7 Å². The topological polar surface area (TPSA) is 69.6 Å². The van der Waals surface area contributed by atoms with E-state index in [1.807, 2.05) is 7.05 Å². The van der Waals surface area contributed by atoms with Crippen LogP contribution in [0.25, 0.3) is 11.5 Å². The largest absolute Gasteiger partial charge is 0.396 e. The van der Waals surface area contributed by atoms with Crippen molar-refractivity contribution in [2.24, 2.45) is 7.05 Å². The highest BCUT2D eigenvalue weighted by atomic mass is 15.3. The van der Waals surface area contributed by atoms with Gasteiger partial charge in [-0.15, -0.1) is 0 Å². The summed E-state index contributed by atoms with van der Waals surface area (Å²) in [7, 11) is 1.81. The molecule has 0 spiro atoms. The number of anilines is 1. The maximum atomic E-state index is 5.71. The molecule has 0 saturated carbocycles. The van der Waals surface area contributed by atoms with Gasteiger partial charge in [0.05, 0.1) is 5.69 Å². The van der Waals surface area contributed by atoms with Crippen LogP contribution in [0.2, 0.25) is 0 Å². The predicted octanol–water partition coefficient (Wildman–Crippen LogP) is 0.459. The first kappa shape index (κ1) is 7.72. The molecule has 0 atom stereocenters. The number of nitrogens with zero attached hydrogens (tertiary/aromatic N) is 4. The zero-order chi connectivity index (χ0) is 9.26. The minimum atomic E-state index is 0.556. The van der Waals surface area contributed by atoms with Gasteiger partial charge in [0, 0.05) is 25.6 Å². The molecule has 0 bridgehead atoms. The van der Waals surface area contributed by atoms with Crippen LogP contribution in [-0.4, -0.2) is 19.7 Å². The molecular formula is C8H9N5. The zero-order valence-corrected chi connectivity index (χ0v) is 7.18. The van der Waals surface area contributed by atoms with Crippen LogP contribution in [0, 0.1) is 0 Å². The molecule has 66 valence electrons. The van der Waals surface area contributed by atoms with Gasteiger partial charge in [0.1, 0.15) is 0 Å². The third-order valence-electron chi connectivity index (χ3n) is 1.63. The van der Waals surface area contributed by atoms with Crippen molar-refractivity contribution in [3.05, 3.63) is 24.7 Å². The first-order valence-corrected chi connectivity index (χ1v) is 3.84. The molecule has 0 aliphatic rings. The van der Waals surface area contributed by atoms with Gasteiger partial charge >= 0.3 is 0 Å². The smallest absolute Gasteiger partial charge is 0.182 e. The van der Waals surface area contributed by atoms with E-state index in [9.17, 15) is 0 Å². The summed E-state index contributed by atoms with van der Waals surface area (Å²) >= 11 is 0. The lowest BCUT2D eigenvalue weighted by Crippen LogP contribution is -1.92. The van der Waals surface area contributed by atoms with Crippen molar-refractivity contribution in [3.8, 4) is 11.5 Å². The van der Waals surface area contributed by atoms with Gasteiger partial charge in [-0.3, -0.25) is 4.68 Å². The SMILES string of the molecule is Cn1cc(N)c(-c2ncccn2)n1. The van der Waals surface area contributed by atoms with Crippen LogP contribution in [0.3, 0.4) is 0 Å². The van der Waals surface area contributed by atoms with E-state index in [1.165, 1.54) is 0 Å². The Hall–Kier alpha value is -1.91. The van der Waals surface area contributed by atoms with E-state index in [1.54, 1.807) is 29.3 Å². The van der Waals surface area contributed by atoms with Crippen LogP contribution < -0.4 is 5.73 Å². The molecule has 2 heterocycles. The van der Waals surface area contributed by atoms with Crippen molar-refractivity contribution >= 4 is 5.69 Å². The van der Waals surface area contributed by atoms with Crippen molar-refractivity contribution < 1.29 is 0 Å². The Morgan fingerprint density at radius 3 is 2.54 bits per heavy atom. The van der Waals surface area contributed by atoms with Crippen LogP contribution in [0.15, 0.2) is 24.7 Å². The number of nitrogen functional groups attached to an aromatic ring is 1. The van der Waals surface area contributed by atoms with Crippen molar-refractivity contribution in [2.45, 2.75) is 0 Å². The molecule has 0 aliphatic heterocycles. The molecule has 2 rings (SSSR count). The Morgan fingerprint density at radius 2 is 2.00 bits per heavy atom. The van der Waals surface area contributed by atoms with Crippen molar-refractivity contribution in [2.75, 3.05) is 5.73 Å². The van der Waals surface area contributed by atoms with Gasteiger partial charge in [-0.1, -0.05) is 0 Å². The van der Waals surface area contributed by atoms with Crippen LogP contribution in [0.4, 0.5) is 5.69 Å². The van der Waals surface area contributed by atoms with Crippen molar-refractivity contribution in [3.63, 3.8) is 0 Å². The number of nitrogens with two attached hydrogens (primary N) is 1. The highest BCUT2D eigenvalue weighted by Gasteiger charge is 2.08. The van der Waals surface area contributed by atoms with E-state index in [2.05, 4.69) is 15.1 Å². The first-order valence-electron chi connectivity index (χ1n) is 3.84. The van der Waals surface area contributed by atoms with Gasteiger partial charge in [0.2, 0.25) is 0 Å². The summed E-state index contributed by atoms with van der Waals surface area (Å²) in [6.07, 6.45) is 5.05. The second kappa shape index (κ2) is 2.85. The third-order valence-corrected chi connectivity index (χ3v) is 1.63. The molecule has 5 heteroatoms. The quantitative estimate of drug-likeness (QED) is 0.683. The number of aromatic nitrogens is 4. The summed E-state index contributed by atoms with van der Waals surface area (Å²) < 4.78 is 1.64. The van der Waals surface area contributed by atoms with Gasteiger partial charge in [0.15, 0.2) is 11.5 Å². The van der Waals surface area contributed by atoms with Gasteiger partial charge in [-0.25, -0.2) is 9.97 Å². The number of hydrogen-bond donors (Lipinski definition) is 1. The summed E-state index contributed by atoms with van der Waals surface area (Å²) in [5.41, 5.74) is 6.93. The highest BCUT2D eigenvalue weighted by molar-refractivity contribution is 5.65. The molecule has 0 unspecified atom stereocenters. The highest BCUT2D eigenvalue weighted by Crippen LogP contribution is 2.18. The fourth-order valence-electron chi connectivity index (χ4n) is 1.10. The lowest BCUT2D eigenvalue weighted by molar-refractivity contribution is 0.769. The average Bonchev–Trinajstić information content (AvgIpc) is 2.47. The van der Waals surface area contributed by atoms with E-state index in [0.29, 0.717) is 17.2 Å². The molecule has 0 fully saturated rings.